The first-order valence-electron chi connectivity index (χ1n) is 14.6. The number of benzene rings is 1. The van der Waals surface area contributed by atoms with E-state index in [9.17, 15) is 0 Å². The fraction of sp³-hybridized carbons (Fsp3) is 0.656. The number of rotatable bonds is 11. The van der Waals surface area contributed by atoms with E-state index in [1.807, 2.05) is 0 Å². The predicted molar refractivity (Wildman–Crippen MR) is 155 cm³/mol. The summed E-state index contributed by atoms with van der Waals surface area (Å²) in [7, 11) is 0. The number of hydrogen-bond acceptors (Lipinski definition) is 5. The average molecular weight is 508 g/mol. The molecule has 0 amide bonds. The van der Waals surface area contributed by atoms with Crippen LogP contribution in [-0.4, -0.2) is 60.9 Å². The highest BCUT2D eigenvalue weighted by Gasteiger charge is 2.37. The van der Waals surface area contributed by atoms with Crippen LogP contribution in [0.1, 0.15) is 90.7 Å². The summed E-state index contributed by atoms with van der Waals surface area (Å²) in [4.78, 5) is 10.2. The van der Waals surface area contributed by atoms with Gasteiger partial charge in [0.05, 0.1) is 12.3 Å². The van der Waals surface area contributed by atoms with Crippen LogP contribution < -0.4 is 9.64 Å². The Morgan fingerprint density at radius 2 is 1.59 bits per heavy atom. The largest absolute Gasteiger partial charge is 0.490 e. The molecule has 2 heterocycles. The zero-order valence-corrected chi connectivity index (χ0v) is 24.0. The molecule has 1 aliphatic carbocycles. The molecule has 0 atom stereocenters. The molecule has 1 aliphatic heterocycles. The van der Waals surface area contributed by atoms with Gasteiger partial charge in [0.15, 0.2) is 11.6 Å². The second kappa shape index (κ2) is 12.2. The Kier molecular flexibility index (Phi) is 9.18. The Morgan fingerprint density at radius 3 is 2.30 bits per heavy atom. The van der Waals surface area contributed by atoms with Gasteiger partial charge in [0, 0.05) is 38.3 Å². The van der Waals surface area contributed by atoms with Crippen LogP contribution in [0.3, 0.4) is 0 Å². The van der Waals surface area contributed by atoms with Crippen molar-refractivity contribution in [3.8, 4) is 17.0 Å². The third kappa shape index (κ3) is 6.67. The van der Waals surface area contributed by atoms with E-state index in [-0.39, 0.29) is 10.8 Å². The van der Waals surface area contributed by atoms with Crippen LogP contribution >= 0.6 is 0 Å². The third-order valence-corrected chi connectivity index (χ3v) is 8.55. The van der Waals surface area contributed by atoms with Crippen molar-refractivity contribution < 1.29 is 9.84 Å². The summed E-state index contributed by atoms with van der Waals surface area (Å²) in [5.41, 5.74) is 5.60. The van der Waals surface area contributed by atoms with Gasteiger partial charge in [-0.1, -0.05) is 53.2 Å². The molecule has 5 heteroatoms. The van der Waals surface area contributed by atoms with Crippen molar-refractivity contribution in [2.45, 2.75) is 90.4 Å². The second-order valence-electron chi connectivity index (χ2n) is 12.4. The van der Waals surface area contributed by atoms with Crippen LogP contribution in [0.15, 0.2) is 30.3 Å². The van der Waals surface area contributed by atoms with Crippen LogP contribution in [-0.2, 0) is 10.8 Å². The molecule has 0 bridgehead atoms. The molecule has 204 valence electrons. The van der Waals surface area contributed by atoms with E-state index in [1.165, 1.54) is 29.5 Å². The number of piperazine rings is 1. The van der Waals surface area contributed by atoms with Crippen molar-refractivity contribution >= 4 is 5.82 Å². The fourth-order valence-electron chi connectivity index (χ4n) is 5.82. The first kappa shape index (κ1) is 27.9. The van der Waals surface area contributed by atoms with Crippen LogP contribution in [0.5, 0.6) is 5.75 Å². The summed E-state index contributed by atoms with van der Waals surface area (Å²) in [6.45, 7) is 17.9. The summed E-state index contributed by atoms with van der Waals surface area (Å²) in [5.74, 6) is 1.90. The molecule has 5 nitrogen and oxygen atoms in total. The number of aliphatic hydroxyl groups is 1. The summed E-state index contributed by atoms with van der Waals surface area (Å²) in [5, 5.41) is 9.04. The van der Waals surface area contributed by atoms with E-state index in [2.05, 4.69) is 74.8 Å². The minimum atomic E-state index is 0.181. The molecular formula is C32H49N3O2. The number of pyridine rings is 1. The minimum Gasteiger partial charge on any atom is -0.490 e. The number of aliphatic hydroxyl groups excluding tert-OH is 1. The monoisotopic (exact) mass is 507 g/mol. The Morgan fingerprint density at radius 1 is 0.865 bits per heavy atom. The van der Waals surface area contributed by atoms with E-state index in [4.69, 9.17) is 14.8 Å². The number of fused-ring (bicyclic) bond motifs is 1. The van der Waals surface area contributed by atoms with Crippen LogP contribution in [0.25, 0.3) is 11.3 Å². The summed E-state index contributed by atoms with van der Waals surface area (Å²) in [6.07, 6.45) is 7.79. The molecule has 1 saturated heterocycles. The fourth-order valence-corrected chi connectivity index (χ4v) is 5.82. The molecule has 0 unspecified atom stereocenters. The van der Waals surface area contributed by atoms with Crippen molar-refractivity contribution in [3.05, 3.63) is 41.5 Å². The molecule has 0 radical (unpaired) electrons. The molecular weight excluding hydrogens is 458 g/mol. The molecule has 1 fully saturated rings. The highest BCUT2D eigenvalue weighted by molar-refractivity contribution is 5.67. The molecule has 2 aliphatic rings. The normalized spacial score (nSPS) is 19.0. The lowest BCUT2D eigenvalue weighted by Crippen LogP contribution is -2.47. The van der Waals surface area contributed by atoms with Gasteiger partial charge in [0.1, 0.15) is 0 Å². The highest BCUT2D eigenvalue weighted by atomic mass is 16.5. The summed E-state index contributed by atoms with van der Waals surface area (Å²) < 4.78 is 6.25. The van der Waals surface area contributed by atoms with Gasteiger partial charge in [0.2, 0.25) is 0 Å². The van der Waals surface area contributed by atoms with E-state index in [0.29, 0.717) is 6.61 Å². The van der Waals surface area contributed by atoms with Gasteiger partial charge in [-0.05, 0) is 85.2 Å². The van der Waals surface area contributed by atoms with Gasteiger partial charge < -0.3 is 14.7 Å². The molecule has 1 aromatic heterocycles. The molecule has 0 saturated carbocycles. The van der Waals surface area contributed by atoms with E-state index < -0.39 is 0 Å². The molecule has 1 N–H and O–H groups in total. The van der Waals surface area contributed by atoms with Crippen molar-refractivity contribution in [1.29, 1.82) is 0 Å². The van der Waals surface area contributed by atoms with Crippen LogP contribution in [0.4, 0.5) is 5.82 Å². The molecule has 4 rings (SSSR count). The van der Waals surface area contributed by atoms with Crippen molar-refractivity contribution in [3.63, 3.8) is 0 Å². The number of nitrogens with zero attached hydrogens (tertiary/aromatic N) is 3. The Hall–Kier alpha value is -2.11. The molecule has 0 spiro atoms. The first-order valence-corrected chi connectivity index (χ1v) is 14.6. The maximum atomic E-state index is 9.04. The van der Waals surface area contributed by atoms with Crippen molar-refractivity contribution in [2.75, 3.05) is 50.8 Å². The Bertz CT molecular complexity index is 1020. The van der Waals surface area contributed by atoms with Gasteiger partial charge in [-0.2, -0.15) is 0 Å². The minimum absolute atomic E-state index is 0.181. The van der Waals surface area contributed by atoms with Gasteiger partial charge in [-0.15, -0.1) is 0 Å². The third-order valence-electron chi connectivity index (χ3n) is 8.55. The second-order valence-corrected chi connectivity index (χ2v) is 12.4. The standard InChI is InChI=1S/C32H49N3O2/c1-6-7-23-37-29-14-13-28(25-11-12-26-27(24-25)32(4,5)16-15-31(26,2)3)33-30(29)35-20-18-34(19-21-35)17-9-8-10-22-36/h11-14,24,36H,6-10,15-23H2,1-5H3. The van der Waals surface area contributed by atoms with Gasteiger partial charge in [-0.25, -0.2) is 4.98 Å². The van der Waals surface area contributed by atoms with Crippen molar-refractivity contribution in [1.82, 2.24) is 9.88 Å². The van der Waals surface area contributed by atoms with Crippen LogP contribution in [0, 0.1) is 0 Å². The van der Waals surface area contributed by atoms with Gasteiger partial charge in [-0.3, -0.25) is 4.90 Å². The highest BCUT2D eigenvalue weighted by Crippen LogP contribution is 2.47. The Labute approximate surface area is 225 Å². The van der Waals surface area contributed by atoms with E-state index in [1.54, 1.807) is 0 Å². The van der Waals surface area contributed by atoms with E-state index in [0.717, 1.165) is 88.7 Å². The van der Waals surface area contributed by atoms with E-state index >= 15 is 0 Å². The number of unbranched alkanes of at least 4 members (excludes halogenated alkanes) is 3. The van der Waals surface area contributed by atoms with Crippen molar-refractivity contribution in [2.24, 2.45) is 0 Å². The lowest BCUT2D eigenvalue weighted by molar-refractivity contribution is 0.240. The maximum Gasteiger partial charge on any atom is 0.172 e. The maximum absolute atomic E-state index is 9.04. The SMILES string of the molecule is CCCCOc1ccc(-c2ccc3c(c2)C(C)(C)CCC3(C)C)nc1N1CCN(CCCCCO)CC1. The van der Waals surface area contributed by atoms with Gasteiger partial charge >= 0.3 is 0 Å². The topological polar surface area (TPSA) is 48.8 Å². The quantitative estimate of drug-likeness (QED) is 0.349. The average Bonchev–Trinajstić information content (AvgIpc) is 2.90. The Balaban J connectivity index is 1.57. The molecule has 2 aromatic rings. The van der Waals surface area contributed by atoms with Crippen LogP contribution in [0.2, 0.25) is 0 Å². The molecule has 1 aromatic carbocycles. The lowest BCUT2D eigenvalue weighted by Gasteiger charge is -2.42. The lowest BCUT2D eigenvalue weighted by atomic mass is 9.63. The number of anilines is 1. The summed E-state index contributed by atoms with van der Waals surface area (Å²) in [6, 6.07) is 11.3. The van der Waals surface area contributed by atoms with Gasteiger partial charge in [0.25, 0.3) is 0 Å². The smallest absolute Gasteiger partial charge is 0.172 e. The molecule has 37 heavy (non-hydrogen) atoms. The number of ether oxygens (including phenoxy) is 1. The zero-order chi connectivity index (χ0) is 26.5. The first-order chi connectivity index (χ1) is 17.7. The number of aromatic nitrogens is 1. The number of hydrogen-bond donors (Lipinski definition) is 1. The zero-order valence-electron chi connectivity index (χ0n) is 24.0. The predicted octanol–water partition coefficient (Wildman–Crippen LogP) is 6.56. The summed E-state index contributed by atoms with van der Waals surface area (Å²) >= 11 is 0.